The lowest BCUT2D eigenvalue weighted by atomic mass is 10.3. The Hall–Kier alpha value is -2.35. The Bertz CT molecular complexity index is 666. The molecule has 0 radical (unpaired) electrons. The van der Waals surface area contributed by atoms with Gasteiger partial charge in [-0.05, 0) is 30.3 Å². The molecule has 1 amide bonds. The van der Waals surface area contributed by atoms with Gasteiger partial charge in [-0.25, -0.2) is 4.79 Å². The van der Waals surface area contributed by atoms with Crippen LogP contribution < -0.4 is 5.32 Å². The number of ether oxygens (including phenoxy) is 1. The Labute approximate surface area is 145 Å². The summed E-state index contributed by atoms with van der Waals surface area (Å²) in [6.45, 7) is 0.0130. The lowest BCUT2D eigenvalue weighted by Gasteiger charge is -2.04. The normalized spacial score (nSPS) is 8.78. The molecule has 0 unspecified atom stereocenters. The molecule has 4 nitrogen and oxygen atoms in total. The fourth-order valence-corrected chi connectivity index (χ4v) is 1.63. The van der Waals surface area contributed by atoms with Crippen LogP contribution in [0.2, 0.25) is 5.02 Å². The Morgan fingerprint density at radius 2 is 1.87 bits per heavy atom. The number of para-hydroxylation sites is 1. The molecule has 0 spiro atoms. The quantitative estimate of drug-likeness (QED) is 0.617. The second-order valence-corrected chi connectivity index (χ2v) is 4.74. The van der Waals surface area contributed by atoms with E-state index in [9.17, 15) is 4.79 Å². The number of alkyl halides is 1. The van der Waals surface area contributed by atoms with E-state index in [1.54, 1.807) is 48.5 Å². The van der Waals surface area contributed by atoms with Crippen molar-refractivity contribution in [1.29, 1.82) is 0 Å². The smallest absolute Gasteiger partial charge is 0.412 e. The van der Waals surface area contributed by atoms with Crippen LogP contribution in [-0.4, -0.2) is 23.7 Å². The minimum absolute atomic E-state index is 0.0130. The van der Waals surface area contributed by atoms with Gasteiger partial charge in [0, 0.05) is 10.7 Å². The van der Waals surface area contributed by atoms with E-state index in [0.717, 1.165) is 0 Å². The van der Waals surface area contributed by atoms with Gasteiger partial charge >= 0.3 is 6.09 Å². The fraction of sp³-hybridized carbons (Fsp3) is 0.118. The SMILES string of the molecule is O=C(Nc1cccc(Cl)c1)OCC#CCCl.Oc1ccccc1. The molecule has 0 aromatic heterocycles. The second-order valence-electron chi connectivity index (χ2n) is 4.03. The van der Waals surface area contributed by atoms with E-state index in [1.807, 2.05) is 6.07 Å². The molecular formula is C17H15Cl2NO3. The summed E-state index contributed by atoms with van der Waals surface area (Å²) in [7, 11) is 0. The maximum absolute atomic E-state index is 11.2. The van der Waals surface area contributed by atoms with Crippen LogP contribution in [-0.2, 0) is 4.74 Å². The van der Waals surface area contributed by atoms with Crippen molar-refractivity contribution in [3.05, 3.63) is 59.6 Å². The number of benzene rings is 2. The van der Waals surface area contributed by atoms with Crippen LogP contribution in [0.4, 0.5) is 10.5 Å². The van der Waals surface area contributed by atoms with Gasteiger partial charge in [-0.1, -0.05) is 47.7 Å². The van der Waals surface area contributed by atoms with E-state index >= 15 is 0 Å². The molecule has 0 atom stereocenters. The third-order valence-corrected chi connectivity index (χ3v) is 2.66. The number of hydrogen-bond acceptors (Lipinski definition) is 3. The lowest BCUT2D eigenvalue weighted by Crippen LogP contribution is -2.13. The van der Waals surface area contributed by atoms with E-state index in [-0.39, 0.29) is 12.5 Å². The summed E-state index contributed by atoms with van der Waals surface area (Å²) in [5.41, 5.74) is 0.572. The van der Waals surface area contributed by atoms with Crippen LogP contribution in [0.25, 0.3) is 0 Å². The van der Waals surface area contributed by atoms with E-state index in [4.69, 9.17) is 33.0 Å². The van der Waals surface area contributed by atoms with Crippen molar-refractivity contribution in [1.82, 2.24) is 0 Å². The van der Waals surface area contributed by atoms with Gasteiger partial charge in [0.1, 0.15) is 5.75 Å². The predicted molar refractivity (Wildman–Crippen MR) is 93.0 cm³/mol. The van der Waals surface area contributed by atoms with Gasteiger partial charge in [-0.15, -0.1) is 11.6 Å². The molecule has 23 heavy (non-hydrogen) atoms. The third-order valence-electron chi connectivity index (χ3n) is 2.29. The lowest BCUT2D eigenvalue weighted by molar-refractivity contribution is 0.176. The number of carbonyl (C=O) groups is 1. The molecule has 0 fully saturated rings. The van der Waals surface area contributed by atoms with Gasteiger partial charge in [0.15, 0.2) is 6.61 Å². The van der Waals surface area contributed by atoms with Crippen molar-refractivity contribution in [3.63, 3.8) is 0 Å². The number of hydrogen-bond donors (Lipinski definition) is 2. The van der Waals surface area contributed by atoms with E-state index in [2.05, 4.69) is 17.2 Å². The zero-order valence-corrected chi connectivity index (χ0v) is 13.6. The highest BCUT2D eigenvalue weighted by atomic mass is 35.5. The van der Waals surface area contributed by atoms with Gasteiger partial charge in [-0.2, -0.15) is 0 Å². The van der Waals surface area contributed by atoms with E-state index in [1.165, 1.54) is 0 Å². The first-order chi connectivity index (χ1) is 11.1. The number of phenolic OH excluding ortho intramolecular Hbond substituents is 1. The largest absolute Gasteiger partial charge is 0.508 e. The summed E-state index contributed by atoms with van der Waals surface area (Å²) in [5, 5.41) is 11.7. The highest BCUT2D eigenvalue weighted by Gasteiger charge is 2.01. The monoisotopic (exact) mass is 351 g/mol. The third kappa shape index (κ3) is 9.30. The van der Waals surface area contributed by atoms with Gasteiger partial charge in [0.05, 0.1) is 5.88 Å². The van der Waals surface area contributed by atoms with Gasteiger partial charge in [0.2, 0.25) is 0 Å². The maximum atomic E-state index is 11.2. The average molecular weight is 352 g/mol. The minimum Gasteiger partial charge on any atom is -0.508 e. The number of carbonyl (C=O) groups excluding carboxylic acids is 1. The van der Waals surface area contributed by atoms with Crippen molar-refractivity contribution in [2.45, 2.75) is 0 Å². The highest BCUT2D eigenvalue weighted by Crippen LogP contribution is 2.14. The van der Waals surface area contributed by atoms with Crippen LogP contribution in [0.5, 0.6) is 5.75 Å². The molecule has 2 N–H and O–H groups in total. The average Bonchev–Trinajstić information content (AvgIpc) is 2.53. The number of phenols is 1. The predicted octanol–water partition coefficient (Wildman–Crippen LogP) is 4.52. The number of aromatic hydroxyl groups is 1. The number of nitrogens with one attached hydrogen (secondary N) is 1. The van der Waals surface area contributed by atoms with Gasteiger partial charge in [0.25, 0.3) is 0 Å². The molecule has 0 bridgehead atoms. The number of amides is 1. The molecule has 0 aliphatic heterocycles. The van der Waals surface area contributed by atoms with Crippen molar-refractivity contribution < 1.29 is 14.6 Å². The zero-order valence-electron chi connectivity index (χ0n) is 12.1. The number of anilines is 1. The molecule has 2 aromatic carbocycles. The first-order valence-corrected chi connectivity index (χ1v) is 7.48. The van der Waals surface area contributed by atoms with E-state index < -0.39 is 6.09 Å². The first kappa shape index (κ1) is 18.7. The van der Waals surface area contributed by atoms with Gasteiger partial charge < -0.3 is 9.84 Å². The summed E-state index contributed by atoms with van der Waals surface area (Å²) >= 11 is 11.1. The molecule has 0 saturated carbocycles. The van der Waals surface area contributed by atoms with Crippen molar-refractivity contribution in [2.24, 2.45) is 0 Å². The van der Waals surface area contributed by atoms with Crippen LogP contribution in [0, 0.1) is 11.8 Å². The molecule has 6 heteroatoms. The molecule has 0 saturated heterocycles. The zero-order chi connectivity index (χ0) is 16.9. The molecule has 2 rings (SSSR count). The number of rotatable bonds is 2. The van der Waals surface area contributed by atoms with Crippen LogP contribution in [0.3, 0.4) is 0 Å². The molecule has 2 aromatic rings. The van der Waals surface area contributed by atoms with Gasteiger partial charge in [-0.3, -0.25) is 5.32 Å². The van der Waals surface area contributed by atoms with E-state index in [0.29, 0.717) is 16.5 Å². The molecule has 0 heterocycles. The highest BCUT2D eigenvalue weighted by molar-refractivity contribution is 6.30. The topological polar surface area (TPSA) is 58.6 Å². The van der Waals surface area contributed by atoms with Crippen LogP contribution in [0.15, 0.2) is 54.6 Å². The summed E-state index contributed by atoms with van der Waals surface area (Å²) in [6.07, 6.45) is -0.578. The van der Waals surface area contributed by atoms with Crippen molar-refractivity contribution in [3.8, 4) is 17.6 Å². The Kier molecular flexibility index (Phi) is 9.14. The fourth-order valence-electron chi connectivity index (χ4n) is 1.35. The van der Waals surface area contributed by atoms with Crippen molar-refractivity contribution in [2.75, 3.05) is 17.8 Å². The summed E-state index contributed by atoms with van der Waals surface area (Å²) in [4.78, 5) is 11.2. The first-order valence-electron chi connectivity index (χ1n) is 6.57. The van der Waals surface area contributed by atoms with Crippen LogP contribution in [0.1, 0.15) is 0 Å². The summed E-state index contributed by atoms with van der Waals surface area (Å²) in [5.74, 6) is 5.68. The standard InChI is InChI=1S/C11H9Cl2NO2.C6H6O/c12-6-1-2-7-16-11(15)14-10-5-3-4-9(13)8-10;7-6-4-2-1-3-5-6/h3-5,8H,6-7H2,(H,14,15);1-5,7H. The maximum Gasteiger partial charge on any atom is 0.412 e. The summed E-state index contributed by atoms with van der Waals surface area (Å²) < 4.78 is 4.76. The van der Waals surface area contributed by atoms with Crippen LogP contribution >= 0.6 is 23.2 Å². The Morgan fingerprint density at radius 3 is 2.43 bits per heavy atom. The summed E-state index contributed by atoms with van der Waals surface area (Å²) in [6, 6.07) is 15.5. The molecule has 120 valence electrons. The second kappa shape index (κ2) is 11.2. The number of halogens is 2. The minimum atomic E-state index is -0.578. The Balaban J connectivity index is 0.000000313. The molecule has 0 aliphatic carbocycles. The molecule has 0 aliphatic rings. The molecular weight excluding hydrogens is 337 g/mol. The Morgan fingerprint density at radius 1 is 1.13 bits per heavy atom. The van der Waals surface area contributed by atoms with Crippen molar-refractivity contribution >= 4 is 35.0 Å².